The predicted molar refractivity (Wildman–Crippen MR) is 91.0 cm³/mol. The van der Waals surface area contributed by atoms with Gasteiger partial charge in [0.05, 0.1) is 30.1 Å². The SMILES string of the molecule is O=C([O-])COCC(=O)N=C1S[C@H]2CS(=O)(=O)C[C@H]2N1c1cccc(F)c1. The second-order valence-electron chi connectivity index (χ2n) is 5.80. The van der Waals surface area contributed by atoms with E-state index in [0.717, 1.165) is 11.8 Å². The number of fused-ring (bicyclic) bond motifs is 1. The van der Waals surface area contributed by atoms with Gasteiger partial charge in [-0.05, 0) is 18.2 Å². The van der Waals surface area contributed by atoms with Gasteiger partial charge in [0.1, 0.15) is 12.4 Å². The molecule has 11 heteroatoms. The van der Waals surface area contributed by atoms with Crippen LogP contribution in [-0.4, -0.2) is 61.5 Å². The summed E-state index contributed by atoms with van der Waals surface area (Å²) in [7, 11) is -3.23. The number of carbonyl (C=O) groups excluding carboxylic acids is 2. The van der Waals surface area contributed by atoms with Crippen molar-refractivity contribution >= 4 is 44.3 Å². The van der Waals surface area contributed by atoms with E-state index in [0.29, 0.717) is 5.69 Å². The molecule has 0 aliphatic carbocycles. The van der Waals surface area contributed by atoms with Crippen LogP contribution in [0.25, 0.3) is 0 Å². The number of aliphatic carboxylic acids is 1. The van der Waals surface area contributed by atoms with E-state index in [9.17, 15) is 27.5 Å². The van der Waals surface area contributed by atoms with Gasteiger partial charge in [-0.3, -0.25) is 4.79 Å². The van der Waals surface area contributed by atoms with Crippen LogP contribution in [0.4, 0.5) is 10.1 Å². The molecule has 2 saturated heterocycles. The molecule has 3 rings (SSSR count). The summed E-state index contributed by atoms with van der Waals surface area (Å²) in [5.41, 5.74) is 0.393. The number of amidine groups is 1. The number of carbonyl (C=O) groups is 2. The van der Waals surface area contributed by atoms with Crippen molar-refractivity contribution in [2.24, 2.45) is 4.99 Å². The maximum absolute atomic E-state index is 13.6. The molecule has 2 atom stereocenters. The smallest absolute Gasteiger partial charge is 0.274 e. The Balaban J connectivity index is 1.85. The second kappa shape index (κ2) is 7.33. The fourth-order valence-corrected chi connectivity index (χ4v) is 6.78. The molecule has 0 bridgehead atoms. The number of ether oxygens (including phenoxy) is 1. The van der Waals surface area contributed by atoms with Crippen LogP contribution in [0.1, 0.15) is 0 Å². The lowest BCUT2D eigenvalue weighted by Gasteiger charge is -2.24. The highest BCUT2D eigenvalue weighted by molar-refractivity contribution is 8.16. The van der Waals surface area contributed by atoms with Gasteiger partial charge in [0.2, 0.25) is 0 Å². The van der Waals surface area contributed by atoms with Crippen molar-refractivity contribution in [3.05, 3.63) is 30.1 Å². The monoisotopic (exact) mass is 401 g/mol. The van der Waals surface area contributed by atoms with Crippen molar-refractivity contribution in [2.75, 3.05) is 29.6 Å². The first-order valence-electron chi connectivity index (χ1n) is 7.56. The lowest BCUT2D eigenvalue weighted by Crippen LogP contribution is -2.38. The third-order valence-electron chi connectivity index (χ3n) is 3.82. The number of aliphatic imine (C=N–C) groups is 1. The Hall–Kier alpha value is -1.98. The van der Waals surface area contributed by atoms with E-state index in [4.69, 9.17) is 0 Å². The number of anilines is 1. The number of carboxylic acids is 1. The van der Waals surface area contributed by atoms with Gasteiger partial charge < -0.3 is 19.5 Å². The molecule has 2 aliphatic rings. The van der Waals surface area contributed by atoms with E-state index in [1.165, 1.54) is 18.2 Å². The van der Waals surface area contributed by atoms with Gasteiger partial charge >= 0.3 is 0 Å². The van der Waals surface area contributed by atoms with Crippen molar-refractivity contribution < 1.29 is 32.2 Å². The van der Waals surface area contributed by atoms with Gasteiger partial charge in [0, 0.05) is 10.9 Å². The number of amides is 1. The van der Waals surface area contributed by atoms with Crippen molar-refractivity contribution in [1.29, 1.82) is 0 Å². The lowest BCUT2D eigenvalue weighted by atomic mass is 10.2. The molecule has 1 amide bonds. The number of rotatable bonds is 5. The van der Waals surface area contributed by atoms with Gasteiger partial charge in [-0.25, -0.2) is 12.8 Å². The largest absolute Gasteiger partial charge is 0.548 e. The van der Waals surface area contributed by atoms with Crippen molar-refractivity contribution in [3.8, 4) is 0 Å². The molecular formula is C15H14FN2O6S2-. The van der Waals surface area contributed by atoms with Gasteiger partial charge in [-0.15, -0.1) is 0 Å². The second-order valence-corrected chi connectivity index (χ2v) is 9.16. The fraction of sp³-hybridized carbons (Fsp3) is 0.400. The van der Waals surface area contributed by atoms with Crippen LogP contribution in [0.2, 0.25) is 0 Å². The number of carboxylic acid groups (broad SMARTS) is 1. The maximum Gasteiger partial charge on any atom is 0.274 e. The van der Waals surface area contributed by atoms with E-state index in [1.807, 2.05) is 0 Å². The summed E-state index contributed by atoms with van der Waals surface area (Å²) in [5, 5.41) is 10.2. The lowest BCUT2D eigenvalue weighted by molar-refractivity contribution is -0.309. The zero-order chi connectivity index (χ0) is 18.9. The Kier molecular flexibility index (Phi) is 5.30. The van der Waals surface area contributed by atoms with Crippen LogP contribution < -0.4 is 10.0 Å². The Morgan fingerprint density at radius 2 is 2.12 bits per heavy atom. The minimum Gasteiger partial charge on any atom is -0.548 e. The Labute approximate surface area is 153 Å². The first-order valence-corrected chi connectivity index (χ1v) is 10.3. The Bertz CT molecular complexity index is 873. The molecule has 0 aromatic heterocycles. The van der Waals surface area contributed by atoms with Crippen LogP contribution in [0.15, 0.2) is 29.3 Å². The molecule has 0 N–H and O–H groups in total. The number of hydrogen-bond acceptors (Lipinski definition) is 7. The molecule has 1 aromatic carbocycles. The molecular weight excluding hydrogens is 387 g/mol. The third kappa shape index (κ3) is 4.22. The number of thioether (sulfide) groups is 1. The van der Waals surface area contributed by atoms with Gasteiger partial charge in [-0.1, -0.05) is 17.8 Å². The van der Waals surface area contributed by atoms with Gasteiger partial charge in [-0.2, -0.15) is 4.99 Å². The van der Waals surface area contributed by atoms with Crippen LogP contribution >= 0.6 is 11.8 Å². The van der Waals surface area contributed by atoms with Crippen LogP contribution in [-0.2, 0) is 24.2 Å². The number of nitrogens with zero attached hydrogens (tertiary/aromatic N) is 2. The summed E-state index contributed by atoms with van der Waals surface area (Å²) in [6.07, 6.45) is 0. The third-order valence-corrected chi connectivity index (χ3v) is 7.03. The summed E-state index contributed by atoms with van der Waals surface area (Å²) in [5.74, 6) is -2.85. The summed E-state index contributed by atoms with van der Waals surface area (Å²) in [4.78, 5) is 27.7. The number of sulfone groups is 1. The highest BCUT2D eigenvalue weighted by atomic mass is 32.2. The maximum atomic E-state index is 13.6. The minimum atomic E-state index is -3.23. The number of benzene rings is 1. The number of hydrogen-bond donors (Lipinski definition) is 0. The fourth-order valence-electron chi connectivity index (χ4n) is 2.85. The molecule has 2 aliphatic heterocycles. The quantitative estimate of drug-likeness (QED) is 0.629. The predicted octanol–water partition coefficient (Wildman–Crippen LogP) is -0.806. The van der Waals surface area contributed by atoms with Gasteiger partial charge in [0.25, 0.3) is 5.91 Å². The summed E-state index contributed by atoms with van der Waals surface area (Å²) in [6, 6.07) is 5.12. The zero-order valence-corrected chi connectivity index (χ0v) is 15.0. The van der Waals surface area contributed by atoms with Crippen LogP contribution in [0, 0.1) is 5.82 Å². The molecule has 0 unspecified atom stereocenters. The molecule has 1 aromatic rings. The summed E-state index contributed by atoms with van der Waals surface area (Å²) >= 11 is 1.13. The van der Waals surface area contributed by atoms with E-state index in [-0.39, 0.29) is 21.9 Å². The molecule has 2 heterocycles. The first-order chi connectivity index (χ1) is 12.2. The Morgan fingerprint density at radius 3 is 2.81 bits per heavy atom. The van der Waals surface area contributed by atoms with Crippen LogP contribution in [0.3, 0.4) is 0 Å². The molecule has 140 valence electrons. The van der Waals surface area contributed by atoms with E-state index in [1.54, 1.807) is 11.0 Å². The van der Waals surface area contributed by atoms with Gasteiger partial charge in [0.15, 0.2) is 15.0 Å². The highest BCUT2D eigenvalue weighted by Crippen LogP contribution is 2.41. The molecule has 0 spiro atoms. The van der Waals surface area contributed by atoms with E-state index < -0.39 is 46.8 Å². The molecule has 0 radical (unpaired) electrons. The minimum absolute atomic E-state index is 0.0530. The van der Waals surface area contributed by atoms with E-state index in [2.05, 4.69) is 9.73 Å². The average molecular weight is 401 g/mol. The van der Waals surface area contributed by atoms with Crippen LogP contribution in [0.5, 0.6) is 0 Å². The molecule has 0 saturated carbocycles. The molecule has 2 fully saturated rings. The zero-order valence-electron chi connectivity index (χ0n) is 13.3. The first kappa shape index (κ1) is 18.8. The number of halogens is 1. The summed E-state index contributed by atoms with van der Waals surface area (Å²) in [6.45, 7) is -1.29. The van der Waals surface area contributed by atoms with Crippen molar-refractivity contribution in [1.82, 2.24) is 0 Å². The summed E-state index contributed by atoms with van der Waals surface area (Å²) < 4.78 is 42.1. The standard InChI is InChI=1S/C15H15FN2O6S2/c16-9-2-1-3-10(4-9)18-11-7-26(22,23)8-12(11)25-15(18)17-13(19)5-24-6-14(20)21/h1-4,11-12H,5-8H2,(H,20,21)/p-1/t11-,12+/m1/s1. The Morgan fingerprint density at radius 1 is 1.35 bits per heavy atom. The molecule has 8 nitrogen and oxygen atoms in total. The normalized spacial score (nSPS) is 25.4. The van der Waals surface area contributed by atoms with E-state index >= 15 is 0 Å². The molecule has 26 heavy (non-hydrogen) atoms. The average Bonchev–Trinajstić information content (AvgIpc) is 2.97. The van der Waals surface area contributed by atoms with Crippen molar-refractivity contribution in [3.63, 3.8) is 0 Å². The topological polar surface area (TPSA) is 116 Å². The highest BCUT2D eigenvalue weighted by Gasteiger charge is 2.49. The van der Waals surface area contributed by atoms with Crippen molar-refractivity contribution in [2.45, 2.75) is 11.3 Å².